The molecule has 3 aromatic rings. The van der Waals surface area contributed by atoms with E-state index in [-0.39, 0.29) is 5.56 Å². The summed E-state index contributed by atoms with van der Waals surface area (Å²) in [4.78, 5) is 36.5. The molecule has 1 heterocycles. The molecule has 0 aliphatic rings. The molecule has 0 fully saturated rings. The van der Waals surface area contributed by atoms with Crippen LogP contribution in [0.4, 0.5) is 0 Å². The Hall–Kier alpha value is -3.87. The van der Waals surface area contributed by atoms with Crippen molar-refractivity contribution in [1.29, 1.82) is 0 Å². The molecule has 2 amide bonds. The van der Waals surface area contributed by atoms with Gasteiger partial charge in [0.2, 0.25) is 0 Å². The van der Waals surface area contributed by atoms with Crippen molar-refractivity contribution in [2.45, 2.75) is 13.5 Å². The maximum Gasteiger partial charge on any atom is 0.342 e. The largest absolute Gasteiger partial charge is 0.488 e. The fourth-order valence-corrected chi connectivity index (χ4v) is 2.82. The first-order valence-electron chi connectivity index (χ1n) is 9.34. The Bertz CT molecular complexity index is 1070. The number of rotatable bonds is 7. The zero-order valence-electron chi connectivity index (χ0n) is 16.8. The topological polar surface area (TPSA) is 86.6 Å². The van der Waals surface area contributed by atoms with Crippen LogP contribution in [0.2, 0.25) is 0 Å². The van der Waals surface area contributed by atoms with Crippen molar-refractivity contribution in [3.8, 4) is 5.75 Å². The van der Waals surface area contributed by atoms with Gasteiger partial charge in [0.1, 0.15) is 23.6 Å². The fourth-order valence-electron chi connectivity index (χ4n) is 2.82. The molecular formula is C23H22N2O5. The summed E-state index contributed by atoms with van der Waals surface area (Å²) in [5.74, 6) is -1.64. The van der Waals surface area contributed by atoms with E-state index >= 15 is 0 Å². The second-order valence-corrected chi connectivity index (χ2v) is 6.67. The van der Waals surface area contributed by atoms with Crippen molar-refractivity contribution < 1.29 is 23.9 Å². The number of hydrogen-bond acceptors (Lipinski definition) is 5. The highest BCUT2D eigenvalue weighted by atomic mass is 16.5. The van der Waals surface area contributed by atoms with Crippen LogP contribution in [0.15, 0.2) is 66.9 Å². The number of carbonyl (C=O) groups excluding carboxylic acids is 3. The summed E-state index contributed by atoms with van der Waals surface area (Å²) < 4.78 is 12.4. The normalized spacial score (nSPS) is 10.3. The molecule has 0 saturated carbocycles. The van der Waals surface area contributed by atoms with Gasteiger partial charge in [-0.3, -0.25) is 14.9 Å². The van der Waals surface area contributed by atoms with Crippen molar-refractivity contribution in [2.75, 3.05) is 6.61 Å². The quantitative estimate of drug-likeness (QED) is 0.610. The van der Waals surface area contributed by atoms with Gasteiger partial charge in [0.15, 0.2) is 6.61 Å². The third-order valence-corrected chi connectivity index (χ3v) is 4.52. The van der Waals surface area contributed by atoms with Crippen LogP contribution >= 0.6 is 0 Å². The van der Waals surface area contributed by atoms with E-state index in [2.05, 4.69) is 5.32 Å². The van der Waals surface area contributed by atoms with Crippen LogP contribution in [0.25, 0.3) is 0 Å². The lowest BCUT2D eigenvalue weighted by atomic mass is 10.1. The Kier molecular flexibility index (Phi) is 6.64. The lowest BCUT2D eigenvalue weighted by Crippen LogP contribution is -2.35. The fraction of sp³-hybridized carbons (Fsp3) is 0.174. The first-order chi connectivity index (χ1) is 14.5. The van der Waals surface area contributed by atoms with Crippen LogP contribution in [0.1, 0.15) is 32.0 Å². The number of aryl methyl sites for hydroxylation is 2. The Morgan fingerprint density at radius 3 is 2.43 bits per heavy atom. The molecule has 0 atom stereocenters. The standard InChI is InChI=1S/C23H22N2O5/c1-16-8-3-4-9-17(16)14-29-20-12-6-5-10-18(20)23(28)30-15-21(26)24-22(27)19-11-7-13-25(19)2/h3-13H,14-15H2,1-2H3,(H,24,26,27). The number of para-hydroxylation sites is 1. The first kappa shape index (κ1) is 20.9. The average molecular weight is 406 g/mol. The molecule has 1 N–H and O–H groups in total. The van der Waals surface area contributed by atoms with Gasteiger partial charge in [-0.05, 0) is 42.3 Å². The van der Waals surface area contributed by atoms with Crippen LogP contribution in [0, 0.1) is 6.92 Å². The van der Waals surface area contributed by atoms with E-state index < -0.39 is 24.4 Å². The second kappa shape index (κ2) is 9.56. The summed E-state index contributed by atoms with van der Waals surface area (Å²) in [6.07, 6.45) is 1.69. The number of amides is 2. The van der Waals surface area contributed by atoms with Gasteiger partial charge in [-0.25, -0.2) is 4.79 Å². The maximum atomic E-state index is 12.4. The lowest BCUT2D eigenvalue weighted by molar-refractivity contribution is -0.123. The summed E-state index contributed by atoms with van der Waals surface area (Å²) in [7, 11) is 1.69. The van der Waals surface area contributed by atoms with Crippen LogP contribution in [-0.2, 0) is 23.2 Å². The number of nitrogens with one attached hydrogen (secondary N) is 1. The van der Waals surface area contributed by atoms with Crippen molar-refractivity contribution in [2.24, 2.45) is 7.05 Å². The molecule has 1 aromatic heterocycles. The summed E-state index contributed by atoms with van der Waals surface area (Å²) in [5.41, 5.74) is 2.61. The van der Waals surface area contributed by atoms with Crippen molar-refractivity contribution in [3.05, 3.63) is 89.2 Å². The van der Waals surface area contributed by atoms with Gasteiger partial charge < -0.3 is 14.0 Å². The molecule has 0 unspecified atom stereocenters. The summed E-state index contributed by atoms with van der Waals surface area (Å²) >= 11 is 0. The molecular weight excluding hydrogens is 384 g/mol. The van der Waals surface area contributed by atoms with Gasteiger partial charge in [0.25, 0.3) is 11.8 Å². The predicted molar refractivity (Wildman–Crippen MR) is 110 cm³/mol. The van der Waals surface area contributed by atoms with Crippen LogP contribution in [0.3, 0.4) is 0 Å². The zero-order valence-corrected chi connectivity index (χ0v) is 16.8. The Balaban J connectivity index is 1.58. The third kappa shape index (κ3) is 5.14. The van der Waals surface area contributed by atoms with E-state index in [4.69, 9.17) is 9.47 Å². The van der Waals surface area contributed by atoms with Gasteiger partial charge in [-0.2, -0.15) is 0 Å². The molecule has 2 aromatic carbocycles. The van der Waals surface area contributed by atoms with E-state index in [0.717, 1.165) is 11.1 Å². The van der Waals surface area contributed by atoms with E-state index in [1.807, 2.05) is 31.2 Å². The number of nitrogens with zero attached hydrogens (tertiary/aromatic N) is 1. The van der Waals surface area contributed by atoms with Gasteiger partial charge in [0, 0.05) is 13.2 Å². The highest BCUT2D eigenvalue weighted by Gasteiger charge is 2.18. The molecule has 0 spiro atoms. The zero-order chi connectivity index (χ0) is 21.5. The number of ether oxygens (including phenoxy) is 2. The smallest absolute Gasteiger partial charge is 0.342 e. The minimum Gasteiger partial charge on any atom is -0.488 e. The van der Waals surface area contributed by atoms with E-state index in [1.54, 1.807) is 54.2 Å². The number of imide groups is 1. The SMILES string of the molecule is Cc1ccccc1COc1ccccc1C(=O)OCC(=O)NC(=O)c1cccn1C. The molecule has 0 aliphatic carbocycles. The molecule has 0 radical (unpaired) electrons. The highest BCUT2D eigenvalue weighted by Crippen LogP contribution is 2.21. The molecule has 7 nitrogen and oxygen atoms in total. The third-order valence-electron chi connectivity index (χ3n) is 4.52. The van der Waals surface area contributed by atoms with Gasteiger partial charge in [0.05, 0.1) is 0 Å². The summed E-state index contributed by atoms with van der Waals surface area (Å²) in [5, 5.41) is 2.19. The van der Waals surface area contributed by atoms with Crippen molar-refractivity contribution >= 4 is 17.8 Å². The minimum absolute atomic E-state index is 0.202. The van der Waals surface area contributed by atoms with Crippen LogP contribution in [0.5, 0.6) is 5.75 Å². The molecule has 0 aliphatic heterocycles. The van der Waals surface area contributed by atoms with Gasteiger partial charge in [-0.15, -0.1) is 0 Å². The number of benzene rings is 2. The molecule has 0 bridgehead atoms. The number of carbonyl (C=O) groups is 3. The van der Waals surface area contributed by atoms with Gasteiger partial charge in [-0.1, -0.05) is 36.4 Å². The molecule has 3 rings (SSSR count). The Morgan fingerprint density at radius 1 is 0.967 bits per heavy atom. The van der Waals surface area contributed by atoms with Crippen LogP contribution in [-0.4, -0.2) is 29.0 Å². The van der Waals surface area contributed by atoms with Crippen molar-refractivity contribution in [3.63, 3.8) is 0 Å². The maximum absolute atomic E-state index is 12.4. The number of esters is 1. The molecule has 7 heteroatoms. The van der Waals surface area contributed by atoms with E-state index in [1.165, 1.54) is 0 Å². The molecule has 0 saturated heterocycles. The summed E-state index contributed by atoms with van der Waals surface area (Å²) in [6, 6.07) is 17.7. The lowest BCUT2D eigenvalue weighted by Gasteiger charge is -2.12. The Morgan fingerprint density at radius 2 is 1.70 bits per heavy atom. The van der Waals surface area contributed by atoms with Crippen molar-refractivity contribution in [1.82, 2.24) is 9.88 Å². The monoisotopic (exact) mass is 406 g/mol. The first-order valence-corrected chi connectivity index (χ1v) is 9.34. The van der Waals surface area contributed by atoms with Gasteiger partial charge >= 0.3 is 5.97 Å². The van der Waals surface area contributed by atoms with E-state index in [9.17, 15) is 14.4 Å². The minimum atomic E-state index is -0.715. The second-order valence-electron chi connectivity index (χ2n) is 6.67. The number of hydrogen-bond donors (Lipinski definition) is 1. The predicted octanol–water partition coefficient (Wildman–Crippen LogP) is 3.03. The van der Waals surface area contributed by atoms with Crippen LogP contribution < -0.4 is 10.1 Å². The average Bonchev–Trinajstić information content (AvgIpc) is 3.17. The highest BCUT2D eigenvalue weighted by molar-refractivity contribution is 6.04. The van der Waals surface area contributed by atoms with E-state index in [0.29, 0.717) is 18.1 Å². The molecule has 154 valence electrons. The Labute approximate surface area is 174 Å². The number of aromatic nitrogens is 1. The summed E-state index contributed by atoms with van der Waals surface area (Å²) in [6.45, 7) is 1.69. The molecule has 30 heavy (non-hydrogen) atoms.